The van der Waals surface area contributed by atoms with Crippen molar-refractivity contribution in [3.63, 3.8) is 0 Å². The van der Waals surface area contributed by atoms with Gasteiger partial charge in [-0.2, -0.15) is 0 Å². The molecule has 26 heavy (non-hydrogen) atoms. The highest BCUT2D eigenvalue weighted by Gasteiger charge is 2.44. The van der Waals surface area contributed by atoms with Gasteiger partial charge in [0.1, 0.15) is 0 Å². The van der Waals surface area contributed by atoms with Crippen molar-refractivity contribution >= 4 is 57.8 Å². The largest absolute Gasteiger partial charge is 0.356 e. The van der Waals surface area contributed by atoms with Crippen LogP contribution in [0.15, 0.2) is 33.7 Å². The van der Waals surface area contributed by atoms with Crippen molar-refractivity contribution in [1.29, 1.82) is 0 Å². The minimum Gasteiger partial charge on any atom is -0.356 e. The molecule has 7 nitrogen and oxygen atoms in total. The van der Waals surface area contributed by atoms with E-state index in [4.69, 9.17) is 0 Å². The first-order valence-electron chi connectivity index (χ1n) is 8.33. The molecule has 1 heterocycles. The molecule has 2 fully saturated rings. The number of nitrogens with zero attached hydrogens (tertiary/aromatic N) is 2. The molecule has 0 unspecified atom stereocenters. The van der Waals surface area contributed by atoms with Crippen LogP contribution in [-0.2, 0) is 10.2 Å². The second-order valence-corrected chi connectivity index (χ2v) is 7.26. The highest BCUT2D eigenvalue weighted by Crippen LogP contribution is 2.48. The summed E-state index contributed by atoms with van der Waals surface area (Å²) >= 11 is 3.53. The van der Waals surface area contributed by atoms with E-state index in [0.717, 1.165) is 23.9 Å². The predicted molar refractivity (Wildman–Crippen MR) is 115 cm³/mol. The van der Waals surface area contributed by atoms with Gasteiger partial charge in [-0.25, -0.2) is 4.79 Å². The first kappa shape index (κ1) is 20.9. The van der Waals surface area contributed by atoms with E-state index in [1.165, 1.54) is 10.5 Å². The molecule has 1 saturated carbocycles. The highest BCUT2D eigenvalue weighted by atomic mass is 127. The Morgan fingerprint density at radius 3 is 2.69 bits per heavy atom. The topological polar surface area (TPSA) is 85.8 Å². The molecule has 0 aromatic heterocycles. The molecule has 142 valence electrons. The molecular weight excluding hydrogens is 513 g/mol. The van der Waals surface area contributed by atoms with Gasteiger partial charge in [0.2, 0.25) is 5.91 Å². The lowest BCUT2D eigenvalue weighted by Crippen LogP contribution is -2.45. The number of benzene rings is 1. The van der Waals surface area contributed by atoms with E-state index in [1.807, 2.05) is 6.07 Å². The van der Waals surface area contributed by atoms with Gasteiger partial charge in [-0.05, 0) is 30.5 Å². The number of hydrogen-bond donors (Lipinski definition) is 3. The van der Waals surface area contributed by atoms with Gasteiger partial charge in [-0.3, -0.25) is 14.7 Å². The van der Waals surface area contributed by atoms with Crippen LogP contribution in [0.25, 0.3) is 0 Å². The van der Waals surface area contributed by atoms with Crippen LogP contribution in [0.2, 0.25) is 0 Å². The van der Waals surface area contributed by atoms with E-state index in [9.17, 15) is 9.59 Å². The van der Waals surface area contributed by atoms with E-state index in [1.54, 1.807) is 7.05 Å². The van der Waals surface area contributed by atoms with Crippen molar-refractivity contribution in [2.45, 2.75) is 18.3 Å². The van der Waals surface area contributed by atoms with Crippen LogP contribution in [0.4, 0.5) is 4.79 Å². The molecule has 1 aliphatic heterocycles. The van der Waals surface area contributed by atoms with Gasteiger partial charge in [0.15, 0.2) is 5.96 Å². The van der Waals surface area contributed by atoms with Gasteiger partial charge in [-0.1, -0.05) is 28.1 Å². The molecule has 1 aromatic carbocycles. The van der Waals surface area contributed by atoms with E-state index in [2.05, 4.69) is 55.1 Å². The molecule has 2 aliphatic rings. The first-order valence-corrected chi connectivity index (χ1v) is 9.12. The van der Waals surface area contributed by atoms with Gasteiger partial charge in [-0.15, -0.1) is 24.0 Å². The summed E-state index contributed by atoms with van der Waals surface area (Å²) in [7, 11) is 1.71. The minimum absolute atomic E-state index is 0. The smallest absolute Gasteiger partial charge is 0.324 e. The summed E-state index contributed by atoms with van der Waals surface area (Å²) in [5.41, 5.74) is 1.48. The lowest BCUT2D eigenvalue weighted by atomic mass is 9.96. The molecule has 3 amide bonds. The second kappa shape index (κ2) is 9.03. The van der Waals surface area contributed by atoms with Crippen LogP contribution in [-0.4, -0.2) is 56.0 Å². The minimum atomic E-state index is -0.332. The average Bonchev–Trinajstić information content (AvgIpc) is 3.33. The molecular formula is C17H23BrIN5O2. The maximum absolute atomic E-state index is 11.5. The Morgan fingerprint density at radius 1 is 1.35 bits per heavy atom. The van der Waals surface area contributed by atoms with Crippen molar-refractivity contribution in [3.05, 3.63) is 34.3 Å². The van der Waals surface area contributed by atoms with Gasteiger partial charge in [0.25, 0.3) is 0 Å². The average molecular weight is 536 g/mol. The van der Waals surface area contributed by atoms with Crippen molar-refractivity contribution in [3.8, 4) is 0 Å². The zero-order chi connectivity index (χ0) is 17.9. The predicted octanol–water partition coefficient (Wildman–Crippen LogP) is 1.82. The van der Waals surface area contributed by atoms with Crippen molar-refractivity contribution in [2.24, 2.45) is 4.99 Å². The zero-order valence-electron chi connectivity index (χ0n) is 14.5. The van der Waals surface area contributed by atoms with Crippen LogP contribution in [0.3, 0.4) is 0 Å². The maximum atomic E-state index is 11.5. The van der Waals surface area contributed by atoms with Gasteiger partial charge >= 0.3 is 6.03 Å². The maximum Gasteiger partial charge on any atom is 0.324 e. The Balaban J connectivity index is 0.00000243. The molecule has 3 rings (SSSR count). The van der Waals surface area contributed by atoms with Gasteiger partial charge in [0.05, 0.1) is 6.54 Å². The normalized spacial score (nSPS) is 18.2. The molecule has 3 N–H and O–H groups in total. The van der Waals surface area contributed by atoms with Crippen LogP contribution in [0.1, 0.15) is 18.4 Å². The Morgan fingerprint density at radius 2 is 2.12 bits per heavy atom. The summed E-state index contributed by atoms with van der Waals surface area (Å²) in [6.07, 6.45) is 2.30. The Kier molecular flexibility index (Phi) is 7.27. The summed E-state index contributed by atoms with van der Waals surface area (Å²) in [5.74, 6) is 0.481. The number of imide groups is 1. The van der Waals surface area contributed by atoms with Crippen molar-refractivity contribution in [1.82, 2.24) is 20.9 Å². The number of hydrogen-bond acceptors (Lipinski definition) is 3. The van der Waals surface area contributed by atoms with Crippen LogP contribution < -0.4 is 16.0 Å². The number of guanidine groups is 1. The molecule has 0 bridgehead atoms. The molecule has 0 spiro atoms. The Labute approximate surface area is 178 Å². The number of carbonyl (C=O) groups is 2. The lowest BCUT2D eigenvalue weighted by molar-refractivity contribution is -0.124. The number of nitrogens with one attached hydrogen (secondary N) is 3. The molecule has 1 aromatic rings. The fraction of sp³-hybridized carbons (Fsp3) is 0.471. The number of halogens is 2. The SMILES string of the molecule is CN=C(NCCN1C(=O)CNC1=O)NCC1(c2cccc(Br)c2)CC1.I. The van der Waals surface area contributed by atoms with E-state index < -0.39 is 0 Å². The fourth-order valence-electron chi connectivity index (χ4n) is 2.98. The molecule has 1 aliphatic carbocycles. The highest BCUT2D eigenvalue weighted by molar-refractivity contribution is 14.0. The number of aliphatic imine (C=N–C) groups is 1. The third kappa shape index (κ3) is 4.87. The number of amides is 3. The monoisotopic (exact) mass is 535 g/mol. The third-order valence-corrected chi connectivity index (χ3v) is 5.17. The van der Waals surface area contributed by atoms with Crippen LogP contribution in [0, 0.1) is 0 Å². The van der Waals surface area contributed by atoms with Crippen molar-refractivity contribution in [2.75, 3.05) is 33.2 Å². The van der Waals surface area contributed by atoms with Crippen LogP contribution >= 0.6 is 39.9 Å². The van der Waals surface area contributed by atoms with Gasteiger partial charge < -0.3 is 16.0 Å². The van der Waals surface area contributed by atoms with E-state index >= 15 is 0 Å². The quantitative estimate of drug-likeness (QED) is 0.224. The number of rotatable bonds is 6. The molecule has 1 saturated heterocycles. The Bertz CT molecular complexity index is 692. The first-order chi connectivity index (χ1) is 12.0. The summed E-state index contributed by atoms with van der Waals surface area (Å²) in [5, 5.41) is 9.02. The zero-order valence-corrected chi connectivity index (χ0v) is 18.5. The third-order valence-electron chi connectivity index (χ3n) is 4.67. The van der Waals surface area contributed by atoms with Gasteiger partial charge in [0, 0.05) is 36.6 Å². The van der Waals surface area contributed by atoms with Crippen LogP contribution in [0.5, 0.6) is 0 Å². The molecule has 9 heteroatoms. The van der Waals surface area contributed by atoms with Crippen molar-refractivity contribution < 1.29 is 9.59 Å². The lowest BCUT2D eigenvalue weighted by Gasteiger charge is -2.20. The Hall–Kier alpha value is -1.36. The summed E-state index contributed by atoms with van der Waals surface area (Å²) in [6, 6.07) is 8.09. The summed E-state index contributed by atoms with van der Waals surface area (Å²) in [4.78, 5) is 28.5. The number of urea groups is 1. The van der Waals surface area contributed by atoms with E-state index in [-0.39, 0.29) is 47.9 Å². The molecule has 0 atom stereocenters. The number of carbonyl (C=O) groups excluding carboxylic acids is 2. The summed E-state index contributed by atoms with van der Waals surface area (Å²) < 4.78 is 1.09. The summed E-state index contributed by atoms with van der Waals surface area (Å²) in [6.45, 7) is 1.66. The standard InChI is InChI=1S/C17H22BrN5O2.HI/c1-19-15(20-7-8-23-14(24)10-21-16(23)25)22-11-17(5-6-17)12-3-2-4-13(18)9-12;/h2-4,9H,5-8,10-11H2,1H3,(H,21,25)(H2,19,20,22);1H. The fourth-order valence-corrected chi connectivity index (χ4v) is 3.38. The molecule has 0 radical (unpaired) electrons. The second-order valence-electron chi connectivity index (χ2n) is 6.35. The van der Waals surface area contributed by atoms with E-state index in [0.29, 0.717) is 19.0 Å².